The van der Waals surface area contributed by atoms with Gasteiger partial charge in [-0.25, -0.2) is 9.59 Å². The highest BCUT2D eigenvalue weighted by molar-refractivity contribution is 7.17. The molecule has 0 bridgehead atoms. The number of amides is 3. The van der Waals surface area contributed by atoms with Crippen LogP contribution in [0.25, 0.3) is 0 Å². The Hall–Kier alpha value is -2.62. The Morgan fingerprint density at radius 1 is 1.19 bits per heavy atom. The van der Waals surface area contributed by atoms with E-state index in [-0.39, 0.29) is 12.5 Å². The molecular formula is C22H28ClN4O4S+. The van der Waals surface area contributed by atoms with Crippen LogP contribution < -0.4 is 16.4 Å². The molecule has 0 fully saturated rings. The first-order chi connectivity index (χ1) is 14.8. The number of ether oxygens (including phenoxy) is 1. The number of benzene rings is 1. The number of carbonyl (C=O) groups excluding carboxylic acids is 3. The van der Waals surface area contributed by atoms with Crippen LogP contribution in [0.2, 0.25) is 5.02 Å². The Kier molecular flexibility index (Phi) is 6.83. The molecule has 0 saturated carbocycles. The van der Waals surface area contributed by atoms with E-state index in [2.05, 4.69) is 10.6 Å². The van der Waals surface area contributed by atoms with Gasteiger partial charge in [0.05, 0.1) is 24.0 Å². The highest BCUT2D eigenvalue weighted by Crippen LogP contribution is 2.38. The third-order valence-corrected chi connectivity index (χ3v) is 6.41. The predicted octanol–water partition coefficient (Wildman–Crippen LogP) is 3.99. The minimum Gasteiger partial charge on any atom is -0.456 e. The largest absolute Gasteiger partial charge is 0.456 e. The number of thiophene rings is 1. The average Bonchev–Trinajstić information content (AvgIpc) is 2.97. The van der Waals surface area contributed by atoms with Crippen LogP contribution in [-0.2, 0) is 22.5 Å². The molecule has 1 aliphatic rings. The number of quaternary nitrogens is 1. The van der Waals surface area contributed by atoms with E-state index >= 15 is 0 Å². The van der Waals surface area contributed by atoms with Crippen molar-refractivity contribution in [1.29, 1.82) is 0 Å². The molecule has 0 saturated heterocycles. The van der Waals surface area contributed by atoms with E-state index in [1.807, 2.05) is 27.8 Å². The van der Waals surface area contributed by atoms with Gasteiger partial charge in [-0.1, -0.05) is 11.6 Å². The molecular weight excluding hydrogens is 452 g/mol. The third-order valence-electron chi connectivity index (χ3n) is 5.02. The topological polar surface area (TPSA) is 111 Å². The Labute approximate surface area is 196 Å². The Morgan fingerprint density at radius 3 is 2.44 bits per heavy atom. The van der Waals surface area contributed by atoms with Crippen LogP contribution in [0.3, 0.4) is 0 Å². The third kappa shape index (κ3) is 5.99. The maximum Gasteiger partial charge on any atom is 0.362 e. The van der Waals surface area contributed by atoms with Crippen molar-refractivity contribution in [1.82, 2.24) is 0 Å². The van der Waals surface area contributed by atoms with Gasteiger partial charge in [0.15, 0.2) is 6.54 Å². The molecule has 1 unspecified atom stereocenters. The molecule has 1 aromatic heterocycles. The second-order valence-corrected chi connectivity index (χ2v) is 10.7. The van der Waals surface area contributed by atoms with Crippen molar-refractivity contribution in [2.45, 2.75) is 39.3 Å². The number of urea groups is 1. The van der Waals surface area contributed by atoms with Crippen molar-refractivity contribution in [3.63, 3.8) is 0 Å². The van der Waals surface area contributed by atoms with E-state index in [0.717, 1.165) is 10.4 Å². The zero-order chi connectivity index (χ0) is 23.7. The average molecular weight is 480 g/mol. The predicted molar refractivity (Wildman–Crippen MR) is 126 cm³/mol. The number of anilines is 2. The van der Waals surface area contributed by atoms with Crippen LogP contribution in [0.5, 0.6) is 0 Å². The summed E-state index contributed by atoms with van der Waals surface area (Å²) in [5.41, 5.74) is 6.84. The number of primary amides is 1. The summed E-state index contributed by atoms with van der Waals surface area (Å²) in [5.74, 6) is -0.858. The Morgan fingerprint density at radius 2 is 1.84 bits per heavy atom. The lowest BCUT2D eigenvalue weighted by Crippen LogP contribution is -2.51. The zero-order valence-electron chi connectivity index (χ0n) is 18.6. The standard InChI is InChI=1S/C22H27ClN4O4S/c1-22(2,3)31-17(28)12-27(4)10-9-15-16(11-27)32-20(18(15)19(24)29)26-21(30)25-14-7-5-13(23)6-8-14/h5-8H,9-12H2,1-4H3,(H3-,24,25,26,29,30)/p+1. The molecule has 2 heterocycles. The van der Waals surface area contributed by atoms with E-state index in [4.69, 9.17) is 22.1 Å². The fourth-order valence-electron chi connectivity index (χ4n) is 3.68. The molecule has 1 aromatic carbocycles. The molecule has 3 rings (SSSR count). The van der Waals surface area contributed by atoms with Crippen molar-refractivity contribution < 1.29 is 23.6 Å². The maximum atomic E-state index is 12.5. The van der Waals surface area contributed by atoms with Crippen LogP contribution >= 0.6 is 22.9 Å². The Balaban J connectivity index is 1.77. The van der Waals surface area contributed by atoms with Gasteiger partial charge in [0.2, 0.25) is 0 Å². The lowest BCUT2D eigenvalue weighted by atomic mass is 10.0. The molecule has 1 atom stereocenters. The summed E-state index contributed by atoms with van der Waals surface area (Å²) in [5, 5.41) is 6.42. The molecule has 0 radical (unpaired) electrons. The van der Waals surface area contributed by atoms with Crippen molar-refractivity contribution in [3.05, 3.63) is 45.3 Å². The number of hydrogen-bond donors (Lipinski definition) is 3. The lowest BCUT2D eigenvalue weighted by Gasteiger charge is -2.37. The monoisotopic (exact) mass is 479 g/mol. The molecule has 32 heavy (non-hydrogen) atoms. The first-order valence-corrected chi connectivity index (χ1v) is 11.4. The number of hydrogen-bond acceptors (Lipinski definition) is 5. The number of nitrogens with one attached hydrogen (secondary N) is 2. The van der Waals surface area contributed by atoms with E-state index in [1.54, 1.807) is 24.3 Å². The fourth-order valence-corrected chi connectivity index (χ4v) is 5.23. The van der Waals surface area contributed by atoms with E-state index in [9.17, 15) is 14.4 Å². The van der Waals surface area contributed by atoms with Crippen LogP contribution in [0.15, 0.2) is 24.3 Å². The molecule has 3 amide bonds. The van der Waals surface area contributed by atoms with E-state index in [1.165, 1.54) is 11.3 Å². The minimum atomic E-state index is -0.590. The molecule has 4 N–H and O–H groups in total. The summed E-state index contributed by atoms with van der Waals surface area (Å²) >= 11 is 7.18. The highest BCUT2D eigenvalue weighted by atomic mass is 35.5. The van der Waals surface area contributed by atoms with Crippen molar-refractivity contribution in [2.24, 2.45) is 5.73 Å². The number of likely N-dealkylation sites (N-methyl/N-ethyl adjacent to an activating group) is 1. The van der Waals surface area contributed by atoms with Gasteiger partial charge in [-0.05, 0) is 50.6 Å². The van der Waals surface area contributed by atoms with E-state index < -0.39 is 17.5 Å². The van der Waals surface area contributed by atoms with Crippen LogP contribution in [0.1, 0.15) is 41.6 Å². The van der Waals surface area contributed by atoms with Crippen molar-refractivity contribution in [3.8, 4) is 0 Å². The molecule has 0 aliphatic carbocycles. The minimum absolute atomic E-state index is 0.223. The van der Waals surface area contributed by atoms with E-state index in [0.29, 0.717) is 45.3 Å². The summed E-state index contributed by atoms with van der Waals surface area (Å²) < 4.78 is 5.93. The van der Waals surface area contributed by atoms with Gasteiger partial charge in [-0.2, -0.15) is 0 Å². The van der Waals surface area contributed by atoms with Crippen LogP contribution in [-0.4, -0.2) is 48.1 Å². The summed E-state index contributed by atoms with van der Waals surface area (Å²) in [6.07, 6.45) is 0.573. The number of halogens is 1. The van der Waals surface area contributed by atoms with Gasteiger partial charge in [-0.15, -0.1) is 11.3 Å². The molecule has 8 nitrogen and oxygen atoms in total. The Bertz CT molecular complexity index is 1050. The van der Waals surface area contributed by atoms with Crippen molar-refractivity contribution in [2.75, 3.05) is 30.8 Å². The van der Waals surface area contributed by atoms with Crippen molar-refractivity contribution >= 4 is 51.5 Å². The first kappa shape index (κ1) is 24.0. The summed E-state index contributed by atoms with van der Waals surface area (Å²) in [6, 6.07) is 6.20. The normalized spacial score (nSPS) is 17.9. The van der Waals surface area contributed by atoms with Crippen LogP contribution in [0, 0.1) is 0 Å². The molecule has 2 aromatic rings. The van der Waals surface area contributed by atoms with Gasteiger partial charge >= 0.3 is 12.0 Å². The number of carbonyl (C=O) groups is 3. The molecule has 172 valence electrons. The zero-order valence-corrected chi connectivity index (χ0v) is 20.2. The number of fused-ring (bicyclic) bond motifs is 1. The number of esters is 1. The lowest BCUT2D eigenvalue weighted by molar-refractivity contribution is -0.917. The number of nitrogens with zero attached hydrogens (tertiary/aromatic N) is 1. The summed E-state index contributed by atoms with van der Waals surface area (Å²) in [6.45, 7) is 6.93. The van der Waals surface area contributed by atoms with Gasteiger partial charge < -0.3 is 20.3 Å². The van der Waals surface area contributed by atoms with Gasteiger partial charge in [0.1, 0.15) is 17.1 Å². The SMILES string of the molecule is CC(C)(C)OC(=O)C[N+]1(C)CCc2c(sc(NC(=O)Nc3ccc(Cl)cc3)c2C(N)=O)C1. The first-order valence-electron chi connectivity index (χ1n) is 10.2. The quantitative estimate of drug-likeness (QED) is 0.444. The molecule has 0 spiro atoms. The second kappa shape index (κ2) is 9.09. The maximum absolute atomic E-state index is 12.5. The van der Waals surface area contributed by atoms with Gasteiger partial charge in [-0.3, -0.25) is 10.1 Å². The highest BCUT2D eigenvalue weighted by Gasteiger charge is 2.37. The van der Waals surface area contributed by atoms with Gasteiger partial charge in [0, 0.05) is 17.1 Å². The number of nitrogens with two attached hydrogens (primary N) is 1. The molecule has 1 aliphatic heterocycles. The smallest absolute Gasteiger partial charge is 0.362 e. The summed E-state index contributed by atoms with van der Waals surface area (Å²) in [7, 11) is 1.98. The fraction of sp³-hybridized carbons (Fsp3) is 0.409. The number of rotatable bonds is 5. The van der Waals surface area contributed by atoms with Crippen LogP contribution in [0.4, 0.5) is 15.5 Å². The van der Waals surface area contributed by atoms with Gasteiger partial charge in [0.25, 0.3) is 5.91 Å². The molecule has 10 heteroatoms. The second-order valence-electron chi connectivity index (χ2n) is 9.15. The summed E-state index contributed by atoms with van der Waals surface area (Å²) in [4.78, 5) is 38.0.